The lowest BCUT2D eigenvalue weighted by Gasteiger charge is -2.22. The summed E-state index contributed by atoms with van der Waals surface area (Å²) in [6.45, 7) is 3.70. The Morgan fingerprint density at radius 3 is 2.75 bits per heavy atom. The van der Waals surface area contributed by atoms with Crippen LogP contribution in [0.4, 0.5) is 5.69 Å². The van der Waals surface area contributed by atoms with Gasteiger partial charge in [0.15, 0.2) is 0 Å². The topological polar surface area (TPSA) is 27.0 Å². The first kappa shape index (κ1) is 13.3. The molecular weight excluding hydrogens is 288 g/mol. The fourth-order valence-electron chi connectivity index (χ4n) is 1.50. The van der Waals surface area contributed by atoms with Crippen molar-refractivity contribution in [3.63, 3.8) is 0 Å². The molecule has 0 bridgehead atoms. The molecular formula is C12H14BrClN2. The van der Waals surface area contributed by atoms with Crippen LogP contribution in [0.3, 0.4) is 0 Å². The fraction of sp³-hybridized carbons (Fsp3) is 0.417. The maximum absolute atomic E-state index is 8.59. The summed E-state index contributed by atoms with van der Waals surface area (Å²) in [7, 11) is 0. The molecule has 0 heterocycles. The van der Waals surface area contributed by atoms with Crippen LogP contribution in [0.2, 0.25) is 5.02 Å². The van der Waals surface area contributed by atoms with Crippen molar-refractivity contribution in [3.8, 4) is 6.07 Å². The molecule has 0 aromatic heterocycles. The largest absolute Gasteiger partial charge is 0.371 e. The van der Waals surface area contributed by atoms with Gasteiger partial charge in [0, 0.05) is 29.1 Å². The van der Waals surface area contributed by atoms with E-state index in [1.165, 1.54) is 0 Å². The molecule has 0 saturated carbocycles. The normalized spacial score (nSPS) is 9.88. The summed E-state index contributed by atoms with van der Waals surface area (Å²) in [5.41, 5.74) is 2.16. The number of rotatable bonds is 5. The molecule has 0 spiro atoms. The molecule has 0 amide bonds. The molecule has 2 nitrogen and oxygen atoms in total. The number of hydrogen-bond donors (Lipinski definition) is 0. The zero-order chi connectivity index (χ0) is 12.0. The van der Waals surface area contributed by atoms with Crippen LogP contribution in [0.5, 0.6) is 0 Å². The standard InChI is InChI=1S/C12H14BrClN2/c1-2-16(7-3-6-15)11-5-4-10(9-13)12(14)8-11/h4-5,8H,2-3,7,9H2,1H3. The van der Waals surface area contributed by atoms with E-state index in [4.69, 9.17) is 16.9 Å². The lowest BCUT2D eigenvalue weighted by atomic mass is 10.2. The van der Waals surface area contributed by atoms with Gasteiger partial charge in [-0.2, -0.15) is 5.26 Å². The second kappa shape index (κ2) is 6.78. The first-order valence-corrected chi connectivity index (χ1v) is 6.69. The maximum Gasteiger partial charge on any atom is 0.0640 e. The second-order valence-electron chi connectivity index (χ2n) is 3.40. The highest BCUT2D eigenvalue weighted by molar-refractivity contribution is 9.08. The third-order valence-corrected chi connectivity index (χ3v) is 3.38. The molecule has 0 N–H and O–H groups in total. The highest BCUT2D eigenvalue weighted by atomic mass is 79.9. The average Bonchev–Trinajstić information content (AvgIpc) is 2.30. The van der Waals surface area contributed by atoms with E-state index in [1.807, 2.05) is 18.2 Å². The summed E-state index contributed by atoms with van der Waals surface area (Å²) in [6, 6.07) is 8.17. The Balaban J connectivity index is 2.85. The van der Waals surface area contributed by atoms with E-state index in [1.54, 1.807) is 0 Å². The number of anilines is 1. The van der Waals surface area contributed by atoms with Gasteiger partial charge in [0.1, 0.15) is 0 Å². The fourth-order valence-corrected chi connectivity index (χ4v) is 2.39. The van der Waals surface area contributed by atoms with E-state index < -0.39 is 0 Å². The number of halogens is 2. The lowest BCUT2D eigenvalue weighted by Crippen LogP contribution is -2.23. The molecule has 16 heavy (non-hydrogen) atoms. The molecule has 0 aliphatic carbocycles. The van der Waals surface area contributed by atoms with Crippen LogP contribution >= 0.6 is 27.5 Å². The van der Waals surface area contributed by atoms with Crippen molar-refractivity contribution in [1.29, 1.82) is 5.26 Å². The molecule has 0 radical (unpaired) electrons. The van der Waals surface area contributed by atoms with Gasteiger partial charge < -0.3 is 4.90 Å². The molecule has 0 unspecified atom stereocenters. The van der Waals surface area contributed by atoms with Crippen LogP contribution in [0.15, 0.2) is 18.2 Å². The summed E-state index contributed by atoms with van der Waals surface area (Å²) in [5.74, 6) is 0. The first-order chi connectivity index (χ1) is 7.72. The van der Waals surface area contributed by atoms with Gasteiger partial charge >= 0.3 is 0 Å². The van der Waals surface area contributed by atoms with Crippen molar-refractivity contribution in [2.45, 2.75) is 18.7 Å². The number of hydrogen-bond acceptors (Lipinski definition) is 2. The number of alkyl halides is 1. The minimum Gasteiger partial charge on any atom is -0.371 e. The van der Waals surface area contributed by atoms with Crippen molar-refractivity contribution in [3.05, 3.63) is 28.8 Å². The van der Waals surface area contributed by atoms with E-state index in [0.29, 0.717) is 6.42 Å². The molecule has 1 aromatic carbocycles. The van der Waals surface area contributed by atoms with Crippen LogP contribution in [-0.4, -0.2) is 13.1 Å². The van der Waals surface area contributed by atoms with Crippen molar-refractivity contribution < 1.29 is 0 Å². The first-order valence-electron chi connectivity index (χ1n) is 5.19. The SMILES string of the molecule is CCN(CCC#N)c1ccc(CBr)c(Cl)c1. The molecule has 86 valence electrons. The van der Waals surface area contributed by atoms with Crippen LogP contribution in [0, 0.1) is 11.3 Å². The summed E-state index contributed by atoms with van der Waals surface area (Å²) in [6.07, 6.45) is 0.533. The van der Waals surface area contributed by atoms with E-state index >= 15 is 0 Å². The smallest absolute Gasteiger partial charge is 0.0640 e. The van der Waals surface area contributed by atoms with Crippen molar-refractivity contribution in [2.75, 3.05) is 18.0 Å². The van der Waals surface area contributed by atoms with Gasteiger partial charge in [-0.25, -0.2) is 0 Å². The second-order valence-corrected chi connectivity index (χ2v) is 4.37. The monoisotopic (exact) mass is 300 g/mol. The van der Waals surface area contributed by atoms with Crippen LogP contribution in [-0.2, 0) is 5.33 Å². The molecule has 1 rings (SSSR count). The summed E-state index contributed by atoms with van der Waals surface area (Å²) in [4.78, 5) is 2.15. The van der Waals surface area contributed by atoms with E-state index in [-0.39, 0.29) is 0 Å². The quantitative estimate of drug-likeness (QED) is 0.769. The predicted molar refractivity (Wildman–Crippen MR) is 72.2 cm³/mol. The Bertz CT molecular complexity index is 387. The molecule has 0 atom stereocenters. The van der Waals surface area contributed by atoms with Gasteiger partial charge in [0.25, 0.3) is 0 Å². The van der Waals surface area contributed by atoms with E-state index in [0.717, 1.165) is 34.7 Å². The van der Waals surface area contributed by atoms with Crippen molar-refractivity contribution >= 4 is 33.2 Å². The predicted octanol–water partition coefficient (Wildman–Crippen LogP) is 3.97. The van der Waals surface area contributed by atoms with Gasteiger partial charge in [-0.1, -0.05) is 33.6 Å². The summed E-state index contributed by atoms with van der Waals surface area (Å²) in [5, 5.41) is 10.1. The Morgan fingerprint density at radius 1 is 1.50 bits per heavy atom. The molecule has 0 aliphatic heterocycles. The van der Waals surface area contributed by atoms with Crippen LogP contribution < -0.4 is 4.90 Å². The van der Waals surface area contributed by atoms with Gasteiger partial charge in [0.05, 0.1) is 12.5 Å². The maximum atomic E-state index is 8.59. The Hall–Kier alpha value is -0.720. The molecule has 0 aliphatic rings. The average molecular weight is 302 g/mol. The van der Waals surface area contributed by atoms with Crippen LogP contribution in [0.25, 0.3) is 0 Å². The van der Waals surface area contributed by atoms with Gasteiger partial charge in [-0.15, -0.1) is 0 Å². The number of nitrogens with zero attached hydrogens (tertiary/aromatic N) is 2. The molecule has 0 saturated heterocycles. The third kappa shape index (κ3) is 3.40. The Morgan fingerprint density at radius 2 is 2.25 bits per heavy atom. The van der Waals surface area contributed by atoms with Gasteiger partial charge in [0.2, 0.25) is 0 Å². The molecule has 0 fully saturated rings. The van der Waals surface area contributed by atoms with E-state index in [9.17, 15) is 0 Å². The summed E-state index contributed by atoms with van der Waals surface area (Å²) >= 11 is 9.53. The molecule has 1 aromatic rings. The van der Waals surface area contributed by atoms with Crippen LogP contribution in [0.1, 0.15) is 18.9 Å². The van der Waals surface area contributed by atoms with Gasteiger partial charge in [-0.3, -0.25) is 0 Å². The van der Waals surface area contributed by atoms with Crippen molar-refractivity contribution in [1.82, 2.24) is 0 Å². The number of benzene rings is 1. The van der Waals surface area contributed by atoms with Crippen molar-refractivity contribution in [2.24, 2.45) is 0 Å². The zero-order valence-corrected chi connectivity index (χ0v) is 11.6. The third-order valence-electron chi connectivity index (χ3n) is 2.42. The van der Waals surface area contributed by atoms with Gasteiger partial charge in [-0.05, 0) is 24.6 Å². The Labute approximate surface area is 110 Å². The highest BCUT2D eigenvalue weighted by Gasteiger charge is 2.06. The van der Waals surface area contributed by atoms with E-state index in [2.05, 4.69) is 33.8 Å². The zero-order valence-electron chi connectivity index (χ0n) is 9.21. The minimum absolute atomic E-state index is 0.533. The highest BCUT2D eigenvalue weighted by Crippen LogP contribution is 2.25. The molecule has 4 heteroatoms. The lowest BCUT2D eigenvalue weighted by molar-refractivity contribution is 0.827. The Kier molecular flexibility index (Phi) is 5.65. The summed E-state index contributed by atoms with van der Waals surface area (Å²) < 4.78 is 0. The number of nitriles is 1. The minimum atomic E-state index is 0.533.